The Balaban J connectivity index is 3.20. The summed E-state index contributed by atoms with van der Waals surface area (Å²) in [5.41, 5.74) is 5.24. The standard InChI is InChI=1S/C9H18N2S/c1-8(2)6-4-3-5-7-11-9(10)12/h3,5,8H,4,6-7H2,1-2H3,(H3,10,11,12). The Morgan fingerprint density at radius 2 is 2.17 bits per heavy atom. The van der Waals surface area contributed by atoms with Crippen LogP contribution in [0.25, 0.3) is 0 Å². The van der Waals surface area contributed by atoms with Crippen LogP contribution in [-0.4, -0.2) is 11.7 Å². The highest BCUT2D eigenvalue weighted by atomic mass is 32.1. The molecule has 0 saturated carbocycles. The zero-order chi connectivity index (χ0) is 9.40. The van der Waals surface area contributed by atoms with Gasteiger partial charge in [-0.3, -0.25) is 0 Å². The van der Waals surface area contributed by atoms with E-state index in [1.54, 1.807) is 0 Å². The van der Waals surface area contributed by atoms with Crippen LogP contribution in [0.1, 0.15) is 26.7 Å². The van der Waals surface area contributed by atoms with Crippen molar-refractivity contribution in [3.05, 3.63) is 12.2 Å². The highest BCUT2D eigenvalue weighted by Gasteiger charge is 1.89. The lowest BCUT2D eigenvalue weighted by Crippen LogP contribution is -2.28. The van der Waals surface area contributed by atoms with Gasteiger partial charge < -0.3 is 11.1 Å². The smallest absolute Gasteiger partial charge is 0.163 e. The molecule has 2 nitrogen and oxygen atoms in total. The molecule has 0 atom stereocenters. The lowest BCUT2D eigenvalue weighted by molar-refractivity contribution is 0.594. The first-order valence-corrected chi connectivity index (χ1v) is 4.72. The van der Waals surface area contributed by atoms with Crippen LogP contribution in [0.3, 0.4) is 0 Å². The molecule has 0 radical (unpaired) electrons. The molecule has 0 aromatic carbocycles. The second kappa shape index (κ2) is 7.10. The van der Waals surface area contributed by atoms with Crippen LogP contribution < -0.4 is 11.1 Å². The lowest BCUT2D eigenvalue weighted by Gasteiger charge is -2.00. The molecular weight excluding hydrogens is 168 g/mol. The number of allylic oxidation sites excluding steroid dienone is 1. The molecule has 0 unspecified atom stereocenters. The maximum atomic E-state index is 5.24. The fourth-order valence-electron chi connectivity index (χ4n) is 0.790. The van der Waals surface area contributed by atoms with Crippen molar-refractivity contribution in [3.8, 4) is 0 Å². The summed E-state index contributed by atoms with van der Waals surface area (Å²) >= 11 is 4.65. The molecule has 12 heavy (non-hydrogen) atoms. The van der Waals surface area contributed by atoms with Crippen molar-refractivity contribution in [2.24, 2.45) is 11.7 Å². The minimum Gasteiger partial charge on any atom is -0.376 e. The molecule has 0 saturated heterocycles. The average Bonchev–Trinajstić information content (AvgIpc) is 1.95. The number of nitrogens with one attached hydrogen (secondary N) is 1. The van der Waals surface area contributed by atoms with Crippen LogP contribution in [0.4, 0.5) is 0 Å². The maximum Gasteiger partial charge on any atom is 0.163 e. The Hall–Kier alpha value is -0.570. The monoisotopic (exact) mass is 186 g/mol. The van der Waals surface area contributed by atoms with Gasteiger partial charge in [-0.05, 0) is 31.0 Å². The van der Waals surface area contributed by atoms with Crippen molar-refractivity contribution in [2.75, 3.05) is 6.54 Å². The van der Waals surface area contributed by atoms with Crippen molar-refractivity contribution >= 4 is 17.3 Å². The Labute approximate surface area is 80.2 Å². The van der Waals surface area contributed by atoms with Gasteiger partial charge in [0.05, 0.1) is 0 Å². The predicted molar refractivity (Wildman–Crippen MR) is 58.0 cm³/mol. The zero-order valence-electron chi connectivity index (χ0n) is 7.84. The summed E-state index contributed by atoms with van der Waals surface area (Å²) < 4.78 is 0. The van der Waals surface area contributed by atoms with Crippen LogP contribution in [0.2, 0.25) is 0 Å². The number of rotatable bonds is 5. The van der Waals surface area contributed by atoms with Gasteiger partial charge in [0.25, 0.3) is 0 Å². The van der Waals surface area contributed by atoms with Crippen molar-refractivity contribution < 1.29 is 0 Å². The molecule has 0 aromatic rings. The van der Waals surface area contributed by atoms with E-state index >= 15 is 0 Å². The highest BCUT2D eigenvalue weighted by molar-refractivity contribution is 7.80. The highest BCUT2D eigenvalue weighted by Crippen LogP contribution is 2.03. The summed E-state index contributed by atoms with van der Waals surface area (Å²) in [6, 6.07) is 0. The van der Waals surface area contributed by atoms with Crippen LogP contribution >= 0.6 is 12.2 Å². The lowest BCUT2D eigenvalue weighted by atomic mass is 10.1. The molecule has 0 bridgehead atoms. The summed E-state index contributed by atoms with van der Waals surface area (Å²) in [6.45, 7) is 5.19. The fraction of sp³-hybridized carbons (Fsp3) is 0.667. The average molecular weight is 186 g/mol. The molecule has 3 heteroatoms. The third-order valence-corrected chi connectivity index (χ3v) is 1.62. The Bertz CT molecular complexity index is 153. The Morgan fingerprint density at radius 1 is 1.50 bits per heavy atom. The number of hydrogen-bond acceptors (Lipinski definition) is 1. The van der Waals surface area contributed by atoms with E-state index < -0.39 is 0 Å². The second-order valence-corrected chi connectivity index (χ2v) is 3.63. The summed E-state index contributed by atoms with van der Waals surface area (Å²) in [5.74, 6) is 0.776. The van der Waals surface area contributed by atoms with Gasteiger partial charge in [0.2, 0.25) is 0 Å². The van der Waals surface area contributed by atoms with Gasteiger partial charge in [-0.25, -0.2) is 0 Å². The van der Waals surface area contributed by atoms with Crippen molar-refractivity contribution in [1.29, 1.82) is 0 Å². The normalized spacial score (nSPS) is 10.9. The number of hydrogen-bond donors (Lipinski definition) is 2. The van der Waals surface area contributed by atoms with E-state index in [0.29, 0.717) is 5.11 Å². The van der Waals surface area contributed by atoms with Crippen LogP contribution in [0.15, 0.2) is 12.2 Å². The van der Waals surface area contributed by atoms with E-state index in [1.807, 2.05) is 0 Å². The molecule has 70 valence electrons. The van der Waals surface area contributed by atoms with E-state index in [0.717, 1.165) is 18.9 Å². The number of nitrogens with two attached hydrogens (primary N) is 1. The molecular formula is C9H18N2S. The quantitative estimate of drug-likeness (QED) is 0.508. The van der Waals surface area contributed by atoms with E-state index in [4.69, 9.17) is 5.73 Å². The first-order valence-electron chi connectivity index (χ1n) is 4.31. The van der Waals surface area contributed by atoms with E-state index in [-0.39, 0.29) is 0 Å². The minimum atomic E-state index is 0.364. The SMILES string of the molecule is CC(C)CCC=CCNC(N)=S. The maximum absolute atomic E-state index is 5.24. The molecule has 0 aromatic heterocycles. The molecule has 0 aliphatic carbocycles. The topological polar surface area (TPSA) is 38.0 Å². The number of thiocarbonyl (C=S) groups is 1. The molecule has 3 N–H and O–H groups in total. The van der Waals surface area contributed by atoms with Crippen molar-refractivity contribution in [1.82, 2.24) is 5.32 Å². The third kappa shape index (κ3) is 9.43. The summed E-state index contributed by atoms with van der Waals surface area (Å²) in [4.78, 5) is 0. The molecule has 0 heterocycles. The minimum absolute atomic E-state index is 0.364. The predicted octanol–water partition coefficient (Wildman–Crippen LogP) is 1.81. The van der Waals surface area contributed by atoms with Gasteiger partial charge in [0.15, 0.2) is 5.11 Å². The second-order valence-electron chi connectivity index (χ2n) is 3.19. The van der Waals surface area contributed by atoms with Crippen LogP contribution in [-0.2, 0) is 0 Å². The molecule has 0 spiro atoms. The molecule has 0 rings (SSSR count). The summed E-state index contributed by atoms with van der Waals surface area (Å²) in [7, 11) is 0. The van der Waals surface area contributed by atoms with Crippen LogP contribution in [0, 0.1) is 5.92 Å². The van der Waals surface area contributed by atoms with E-state index in [1.165, 1.54) is 6.42 Å². The molecule has 0 aliphatic heterocycles. The van der Waals surface area contributed by atoms with E-state index in [2.05, 4.69) is 43.5 Å². The van der Waals surface area contributed by atoms with Gasteiger partial charge in [-0.1, -0.05) is 26.0 Å². The molecule has 0 aliphatic rings. The Morgan fingerprint density at radius 3 is 2.67 bits per heavy atom. The van der Waals surface area contributed by atoms with Crippen molar-refractivity contribution in [3.63, 3.8) is 0 Å². The van der Waals surface area contributed by atoms with Gasteiger partial charge >= 0.3 is 0 Å². The first-order chi connectivity index (χ1) is 5.63. The molecule has 0 fully saturated rings. The van der Waals surface area contributed by atoms with Gasteiger partial charge in [0.1, 0.15) is 0 Å². The van der Waals surface area contributed by atoms with Crippen LogP contribution in [0.5, 0.6) is 0 Å². The van der Waals surface area contributed by atoms with Crippen molar-refractivity contribution in [2.45, 2.75) is 26.7 Å². The fourth-order valence-corrected chi connectivity index (χ4v) is 0.874. The zero-order valence-corrected chi connectivity index (χ0v) is 8.66. The van der Waals surface area contributed by atoms with E-state index in [9.17, 15) is 0 Å². The van der Waals surface area contributed by atoms with Gasteiger partial charge in [0, 0.05) is 6.54 Å². The summed E-state index contributed by atoms with van der Waals surface area (Å²) in [6.07, 6.45) is 6.59. The third-order valence-electron chi connectivity index (χ3n) is 1.47. The summed E-state index contributed by atoms with van der Waals surface area (Å²) in [5, 5.41) is 3.22. The van der Waals surface area contributed by atoms with Gasteiger partial charge in [-0.2, -0.15) is 0 Å². The molecule has 0 amide bonds. The van der Waals surface area contributed by atoms with Gasteiger partial charge in [-0.15, -0.1) is 0 Å². The first kappa shape index (κ1) is 11.4. The largest absolute Gasteiger partial charge is 0.376 e. The Kier molecular flexibility index (Phi) is 6.76.